The maximum Gasteiger partial charge on any atom is 0.145 e. The minimum Gasteiger partial charge on any atom is -0.383 e. The molecule has 0 aliphatic heterocycles. The maximum atomic E-state index is 11.3. The first-order valence-electron chi connectivity index (χ1n) is 12.4. The number of ether oxygens (including phenoxy) is 1. The minimum absolute atomic E-state index is 0.0952. The predicted octanol–water partition coefficient (Wildman–Crippen LogP) is 7.35. The lowest BCUT2D eigenvalue weighted by Gasteiger charge is -2.60. The second-order valence-electron chi connectivity index (χ2n) is 10.8. The predicted molar refractivity (Wildman–Crippen MR) is 142 cm³/mol. The number of fused-ring (bicyclic) bond motifs is 1. The summed E-state index contributed by atoms with van der Waals surface area (Å²) in [4.78, 5) is 4.67. The van der Waals surface area contributed by atoms with Crippen LogP contribution in [0.25, 0.3) is 21.5 Å². The van der Waals surface area contributed by atoms with Crippen molar-refractivity contribution in [2.24, 2.45) is 5.41 Å². The van der Waals surface area contributed by atoms with E-state index in [-0.39, 0.29) is 11.5 Å². The summed E-state index contributed by atoms with van der Waals surface area (Å²) in [6.07, 6.45) is 5.49. The molecule has 3 aliphatic carbocycles. The Labute approximate surface area is 227 Å². The first kappa shape index (κ1) is 23.6. The highest BCUT2D eigenvalue weighted by atomic mass is 35.5. The van der Waals surface area contributed by atoms with Gasteiger partial charge in [-0.05, 0) is 74.3 Å². The molecule has 0 bridgehead atoms. The Morgan fingerprint density at radius 3 is 2.62 bits per heavy atom. The third-order valence-electron chi connectivity index (χ3n) is 8.00. The number of hydrogen-bond acceptors (Lipinski definition) is 7. The summed E-state index contributed by atoms with van der Waals surface area (Å²) < 4.78 is 13.0. The van der Waals surface area contributed by atoms with Gasteiger partial charge in [-0.1, -0.05) is 34.4 Å². The molecular weight excluding hydrogens is 529 g/mol. The maximum absolute atomic E-state index is 11.3. The van der Waals surface area contributed by atoms with Gasteiger partial charge < -0.3 is 14.4 Å². The molecule has 0 amide bonds. The summed E-state index contributed by atoms with van der Waals surface area (Å²) in [5.41, 5.74) is 2.93. The largest absolute Gasteiger partial charge is 0.383 e. The summed E-state index contributed by atoms with van der Waals surface area (Å²) in [6.45, 7) is 0.399. The van der Waals surface area contributed by atoms with Crippen LogP contribution in [0.2, 0.25) is 10.0 Å². The quantitative estimate of drug-likeness (QED) is 0.269. The lowest BCUT2D eigenvalue weighted by atomic mass is 9.49. The Hall–Kier alpha value is -2.47. The fourth-order valence-electron chi connectivity index (χ4n) is 6.10. The highest BCUT2D eigenvalue weighted by molar-refractivity contribution is 7.18. The zero-order valence-electron chi connectivity index (χ0n) is 19.8. The van der Waals surface area contributed by atoms with Crippen LogP contribution in [0.15, 0.2) is 40.9 Å². The van der Waals surface area contributed by atoms with Gasteiger partial charge >= 0.3 is 0 Å². The van der Waals surface area contributed by atoms with Gasteiger partial charge in [-0.25, -0.2) is 4.98 Å². The molecule has 2 heterocycles. The van der Waals surface area contributed by atoms with Crippen LogP contribution < -0.4 is 0 Å². The van der Waals surface area contributed by atoms with Gasteiger partial charge in [-0.3, -0.25) is 0 Å². The molecule has 0 atom stereocenters. The Morgan fingerprint density at radius 1 is 1.16 bits per heavy atom. The van der Waals surface area contributed by atoms with Crippen molar-refractivity contribution in [1.29, 1.82) is 5.26 Å². The summed E-state index contributed by atoms with van der Waals surface area (Å²) in [7, 11) is 0. The molecule has 1 N–H and O–H groups in total. The van der Waals surface area contributed by atoms with Gasteiger partial charge in [-0.15, -0.1) is 11.3 Å². The second-order valence-corrected chi connectivity index (χ2v) is 12.6. The average Bonchev–Trinajstić information content (AvgIpc) is 3.45. The third kappa shape index (κ3) is 3.98. The number of thiazole rings is 1. The van der Waals surface area contributed by atoms with Gasteiger partial charge in [-0.2, -0.15) is 5.26 Å². The van der Waals surface area contributed by atoms with Crippen molar-refractivity contribution < 1.29 is 14.4 Å². The van der Waals surface area contributed by atoms with Crippen LogP contribution in [0.1, 0.15) is 66.3 Å². The van der Waals surface area contributed by atoms with Gasteiger partial charge in [0.15, 0.2) is 0 Å². The molecule has 2 aromatic carbocycles. The number of aromatic nitrogens is 2. The van der Waals surface area contributed by atoms with Crippen molar-refractivity contribution in [3.8, 4) is 17.3 Å². The van der Waals surface area contributed by atoms with Crippen molar-refractivity contribution >= 4 is 44.8 Å². The normalized spacial score (nSPS) is 26.7. The van der Waals surface area contributed by atoms with Gasteiger partial charge in [0, 0.05) is 17.0 Å². The molecule has 4 aromatic rings. The third-order valence-corrected chi connectivity index (χ3v) is 9.84. The van der Waals surface area contributed by atoms with Crippen LogP contribution in [0.5, 0.6) is 0 Å². The van der Waals surface area contributed by atoms with Gasteiger partial charge in [0.05, 0.1) is 44.6 Å². The highest BCUT2D eigenvalue weighted by Gasteiger charge is 2.61. The Kier molecular flexibility index (Phi) is 5.44. The zero-order chi connectivity index (χ0) is 25.4. The number of benzene rings is 2. The summed E-state index contributed by atoms with van der Waals surface area (Å²) in [6, 6.07) is 13.0. The molecule has 7 rings (SSSR count). The van der Waals surface area contributed by atoms with Crippen molar-refractivity contribution in [2.45, 2.75) is 62.8 Å². The number of hydrogen-bond donors (Lipinski definition) is 1. The van der Waals surface area contributed by atoms with E-state index >= 15 is 0 Å². The molecule has 1 spiro atoms. The highest BCUT2D eigenvalue weighted by Crippen LogP contribution is 2.65. The van der Waals surface area contributed by atoms with Gasteiger partial charge in [0.1, 0.15) is 22.1 Å². The van der Waals surface area contributed by atoms with Crippen LogP contribution in [-0.4, -0.2) is 21.4 Å². The Balaban J connectivity index is 1.03. The lowest BCUT2D eigenvalue weighted by Crippen LogP contribution is -2.58. The van der Waals surface area contributed by atoms with Crippen LogP contribution in [0, 0.1) is 16.7 Å². The summed E-state index contributed by atoms with van der Waals surface area (Å²) in [5.74, 6) is 1.27. The van der Waals surface area contributed by atoms with E-state index in [1.54, 1.807) is 18.2 Å². The van der Waals surface area contributed by atoms with Crippen LogP contribution >= 0.6 is 34.5 Å². The number of nitriles is 1. The average molecular weight is 552 g/mol. The minimum atomic E-state index is -0.900. The van der Waals surface area contributed by atoms with Gasteiger partial charge in [0.25, 0.3) is 0 Å². The first-order valence-corrected chi connectivity index (χ1v) is 14.0. The van der Waals surface area contributed by atoms with Crippen LogP contribution in [0.4, 0.5) is 0 Å². The molecule has 0 radical (unpaired) electrons. The summed E-state index contributed by atoms with van der Waals surface area (Å²) in [5, 5.41) is 26.6. The van der Waals surface area contributed by atoms with E-state index < -0.39 is 5.60 Å². The zero-order valence-corrected chi connectivity index (χ0v) is 22.2. The van der Waals surface area contributed by atoms with Crippen LogP contribution in [0.3, 0.4) is 0 Å². The number of halogens is 2. The molecule has 188 valence electrons. The van der Waals surface area contributed by atoms with Gasteiger partial charge in [0.2, 0.25) is 0 Å². The molecule has 0 saturated heterocycles. The van der Waals surface area contributed by atoms with Crippen molar-refractivity contribution in [3.63, 3.8) is 0 Å². The first-order chi connectivity index (χ1) is 17.9. The molecule has 37 heavy (non-hydrogen) atoms. The number of nitrogens with zero attached hydrogens (tertiary/aromatic N) is 3. The van der Waals surface area contributed by atoms with E-state index in [1.807, 2.05) is 18.2 Å². The molecule has 9 heteroatoms. The van der Waals surface area contributed by atoms with E-state index in [9.17, 15) is 5.11 Å². The van der Waals surface area contributed by atoms with Crippen molar-refractivity contribution in [3.05, 3.63) is 68.3 Å². The van der Waals surface area contributed by atoms with E-state index in [2.05, 4.69) is 16.2 Å². The molecule has 6 nitrogen and oxygen atoms in total. The summed E-state index contributed by atoms with van der Waals surface area (Å²) >= 11 is 14.4. The van der Waals surface area contributed by atoms with E-state index in [0.29, 0.717) is 52.2 Å². The number of aliphatic hydroxyl groups is 1. The topological polar surface area (TPSA) is 92.2 Å². The standard InChI is InChI=1S/C28H23Cl2N3O3S/c29-19-2-1-3-20(30)23(19)24-18(25(36-33-24)16-5-6-16)12-35-17-9-27(10-17)13-28(34,14-27)26-32-21-7-4-15(11-31)8-22(21)37-26/h1-4,7-8,16-17,34H,5-6,9-10,12-14H2. The fraction of sp³-hybridized carbons (Fsp3) is 0.393. The SMILES string of the molecule is N#Cc1ccc2nc(C3(O)CC4(CC(OCc5c(-c6c(Cl)cccc6Cl)noc5C5CC5)C4)C3)sc2c1. The fourth-order valence-corrected chi connectivity index (χ4v) is 7.76. The molecule has 2 aromatic heterocycles. The van der Waals surface area contributed by atoms with E-state index in [1.165, 1.54) is 11.3 Å². The second kappa shape index (κ2) is 8.52. The molecule has 0 unspecified atom stereocenters. The molecular formula is C28H23Cl2N3O3S. The van der Waals surface area contributed by atoms with E-state index in [4.69, 9.17) is 37.7 Å². The number of rotatable bonds is 6. The van der Waals surface area contributed by atoms with E-state index in [0.717, 1.165) is 52.2 Å². The van der Waals surface area contributed by atoms with Crippen molar-refractivity contribution in [2.75, 3.05) is 0 Å². The Morgan fingerprint density at radius 2 is 1.92 bits per heavy atom. The monoisotopic (exact) mass is 551 g/mol. The smallest absolute Gasteiger partial charge is 0.145 e. The molecule has 3 fully saturated rings. The Bertz CT molecular complexity index is 1550. The molecule has 3 aliphatic rings. The van der Waals surface area contributed by atoms with Crippen molar-refractivity contribution in [1.82, 2.24) is 10.1 Å². The lowest BCUT2D eigenvalue weighted by molar-refractivity contribution is -0.215. The molecule has 3 saturated carbocycles. The van der Waals surface area contributed by atoms with Crippen LogP contribution in [-0.2, 0) is 16.9 Å².